The van der Waals surface area contributed by atoms with E-state index in [0.29, 0.717) is 28.1 Å². The first-order chi connectivity index (χ1) is 9.29. The van der Waals surface area contributed by atoms with Crippen LogP contribution in [-0.4, -0.2) is 49.7 Å². The van der Waals surface area contributed by atoms with E-state index in [2.05, 4.69) is 15.9 Å². The fourth-order valence-electron chi connectivity index (χ4n) is 1.96. The Kier molecular flexibility index (Phi) is 4.70. The molecule has 0 spiro atoms. The summed E-state index contributed by atoms with van der Waals surface area (Å²) in [6.45, 7) is 1.05. The van der Waals surface area contributed by atoms with E-state index >= 15 is 0 Å². The van der Waals surface area contributed by atoms with Crippen molar-refractivity contribution in [3.63, 3.8) is 0 Å². The summed E-state index contributed by atoms with van der Waals surface area (Å²) in [7, 11) is -3.68. The molecule has 1 heterocycles. The number of rotatable bonds is 2. The van der Waals surface area contributed by atoms with Crippen LogP contribution >= 0.6 is 27.5 Å². The molecule has 110 valence electrons. The second-order valence-electron chi connectivity index (χ2n) is 4.37. The Labute approximate surface area is 130 Å². The molecule has 0 atom stereocenters. The Morgan fingerprint density at radius 1 is 1.25 bits per heavy atom. The Hall–Kier alpha value is -0.670. The molecule has 0 saturated carbocycles. The van der Waals surface area contributed by atoms with Crippen LogP contribution in [0.5, 0.6) is 0 Å². The van der Waals surface area contributed by atoms with Crippen LogP contribution in [0.3, 0.4) is 0 Å². The van der Waals surface area contributed by atoms with Crippen molar-refractivity contribution in [3.8, 4) is 0 Å². The first-order valence-electron chi connectivity index (χ1n) is 5.81. The summed E-state index contributed by atoms with van der Waals surface area (Å²) in [6, 6.07) is 4.93. The van der Waals surface area contributed by atoms with Gasteiger partial charge in [0.2, 0.25) is 0 Å². The highest BCUT2D eigenvalue weighted by molar-refractivity contribution is 9.10. The number of benzene rings is 1. The van der Waals surface area contributed by atoms with Crippen molar-refractivity contribution in [2.24, 2.45) is 5.14 Å². The highest BCUT2D eigenvalue weighted by atomic mass is 79.9. The van der Waals surface area contributed by atoms with Gasteiger partial charge in [-0.25, -0.2) is 5.14 Å². The third kappa shape index (κ3) is 3.50. The van der Waals surface area contributed by atoms with E-state index in [9.17, 15) is 13.2 Å². The van der Waals surface area contributed by atoms with Crippen LogP contribution in [0.25, 0.3) is 0 Å². The monoisotopic (exact) mass is 381 g/mol. The SMILES string of the molecule is NS(=O)(=O)N1CCN(C(=O)c2ccc(Cl)c(Br)c2)CC1. The molecule has 1 fully saturated rings. The quantitative estimate of drug-likeness (QED) is 0.830. The Bertz CT molecular complexity index is 630. The molecule has 20 heavy (non-hydrogen) atoms. The predicted molar refractivity (Wildman–Crippen MR) is 79.7 cm³/mol. The standard InChI is InChI=1S/C11H13BrClN3O3S/c12-9-7-8(1-2-10(9)13)11(17)15-3-5-16(6-4-15)20(14,18)19/h1-2,7H,3-6H2,(H2,14,18,19). The summed E-state index contributed by atoms with van der Waals surface area (Å²) in [5.41, 5.74) is 0.505. The number of amides is 1. The number of carbonyl (C=O) groups is 1. The zero-order chi connectivity index (χ0) is 14.9. The molecule has 1 aliphatic rings. The Balaban J connectivity index is 2.07. The number of nitrogens with zero attached hydrogens (tertiary/aromatic N) is 2. The molecule has 0 aliphatic carbocycles. The van der Waals surface area contributed by atoms with Crippen molar-refractivity contribution in [2.45, 2.75) is 0 Å². The Morgan fingerprint density at radius 2 is 1.85 bits per heavy atom. The summed E-state index contributed by atoms with van der Waals surface area (Å²) >= 11 is 9.15. The molecule has 0 radical (unpaired) electrons. The van der Waals surface area contributed by atoms with E-state index in [1.807, 2.05) is 0 Å². The predicted octanol–water partition coefficient (Wildman–Crippen LogP) is 1.06. The minimum absolute atomic E-state index is 0.156. The Morgan fingerprint density at radius 3 is 2.35 bits per heavy atom. The lowest BCUT2D eigenvalue weighted by Gasteiger charge is -2.33. The van der Waals surface area contributed by atoms with Gasteiger partial charge in [0, 0.05) is 36.2 Å². The average Bonchev–Trinajstić information content (AvgIpc) is 2.40. The first-order valence-corrected chi connectivity index (χ1v) is 8.48. The second-order valence-corrected chi connectivity index (χ2v) is 7.17. The van der Waals surface area contributed by atoms with Crippen molar-refractivity contribution < 1.29 is 13.2 Å². The molecule has 1 amide bonds. The van der Waals surface area contributed by atoms with Crippen LogP contribution in [0.2, 0.25) is 5.02 Å². The first kappa shape index (κ1) is 15.7. The second kappa shape index (κ2) is 5.98. The van der Waals surface area contributed by atoms with Crippen LogP contribution in [-0.2, 0) is 10.2 Å². The lowest BCUT2D eigenvalue weighted by atomic mass is 10.2. The summed E-state index contributed by atoms with van der Waals surface area (Å²) in [5.74, 6) is -0.156. The third-order valence-electron chi connectivity index (χ3n) is 3.05. The smallest absolute Gasteiger partial charge is 0.277 e. The minimum Gasteiger partial charge on any atom is -0.336 e. The molecule has 0 bridgehead atoms. The van der Waals surface area contributed by atoms with Crippen molar-refractivity contribution >= 4 is 43.6 Å². The molecule has 2 N–H and O–H groups in total. The van der Waals surface area contributed by atoms with Gasteiger partial charge in [-0.2, -0.15) is 12.7 Å². The number of hydrogen-bond acceptors (Lipinski definition) is 3. The van der Waals surface area contributed by atoms with E-state index in [0.717, 1.165) is 4.31 Å². The van der Waals surface area contributed by atoms with Crippen LogP contribution in [0.4, 0.5) is 0 Å². The molecular formula is C11H13BrClN3O3S. The van der Waals surface area contributed by atoms with Gasteiger partial charge in [0.15, 0.2) is 0 Å². The number of halogens is 2. The zero-order valence-corrected chi connectivity index (χ0v) is 13.6. The molecule has 1 aromatic rings. The summed E-state index contributed by atoms with van der Waals surface area (Å²) in [4.78, 5) is 13.9. The number of piperazine rings is 1. The molecular weight excluding hydrogens is 370 g/mol. The summed E-state index contributed by atoms with van der Waals surface area (Å²) < 4.78 is 24.2. The zero-order valence-electron chi connectivity index (χ0n) is 10.4. The molecule has 2 rings (SSSR count). The van der Waals surface area contributed by atoms with Gasteiger partial charge in [0.25, 0.3) is 16.1 Å². The maximum atomic E-state index is 12.3. The van der Waals surface area contributed by atoms with E-state index < -0.39 is 10.2 Å². The largest absolute Gasteiger partial charge is 0.336 e. The van der Waals surface area contributed by atoms with Gasteiger partial charge in [-0.15, -0.1) is 0 Å². The van der Waals surface area contributed by atoms with Gasteiger partial charge >= 0.3 is 0 Å². The minimum atomic E-state index is -3.68. The van der Waals surface area contributed by atoms with Gasteiger partial charge in [-0.3, -0.25) is 4.79 Å². The topological polar surface area (TPSA) is 83.7 Å². The van der Waals surface area contributed by atoms with Gasteiger partial charge < -0.3 is 4.90 Å². The van der Waals surface area contributed by atoms with E-state index in [1.54, 1.807) is 23.1 Å². The van der Waals surface area contributed by atoms with E-state index in [-0.39, 0.29) is 19.0 Å². The number of carbonyl (C=O) groups excluding carboxylic acids is 1. The lowest BCUT2D eigenvalue weighted by Crippen LogP contribution is -2.52. The van der Waals surface area contributed by atoms with E-state index in [4.69, 9.17) is 16.7 Å². The van der Waals surface area contributed by atoms with Gasteiger partial charge in [-0.05, 0) is 34.1 Å². The summed E-state index contributed by atoms with van der Waals surface area (Å²) in [5, 5.41) is 5.58. The van der Waals surface area contributed by atoms with Gasteiger partial charge in [0.1, 0.15) is 0 Å². The van der Waals surface area contributed by atoms with Crippen LogP contribution in [0, 0.1) is 0 Å². The highest BCUT2D eigenvalue weighted by Gasteiger charge is 2.27. The highest BCUT2D eigenvalue weighted by Crippen LogP contribution is 2.24. The molecule has 1 aromatic carbocycles. The fraction of sp³-hybridized carbons (Fsp3) is 0.364. The normalized spacial score (nSPS) is 17.2. The van der Waals surface area contributed by atoms with Crippen molar-refractivity contribution in [2.75, 3.05) is 26.2 Å². The molecule has 9 heteroatoms. The molecule has 0 aromatic heterocycles. The van der Waals surface area contributed by atoms with Crippen molar-refractivity contribution in [1.29, 1.82) is 0 Å². The maximum Gasteiger partial charge on any atom is 0.277 e. The van der Waals surface area contributed by atoms with Crippen LogP contribution < -0.4 is 5.14 Å². The molecule has 0 unspecified atom stereocenters. The molecule has 1 saturated heterocycles. The van der Waals surface area contributed by atoms with Gasteiger partial charge in [-0.1, -0.05) is 11.6 Å². The number of nitrogens with two attached hydrogens (primary N) is 1. The van der Waals surface area contributed by atoms with Crippen LogP contribution in [0.15, 0.2) is 22.7 Å². The lowest BCUT2D eigenvalue weighted by molar-refractivity contribution is 0.0698. The number of hydrogen-bond donors (Lipinski definition) is 1. The van der Waals surface area contributed by atoms with Crippen molar-refractivity contribution in [1.82, 2.24) is 9.21 Å². The van der Waals surface area contributed by atoms with E-state index in [1.165, 1.54) is 0 Å². The van der Waals surface area contributed by atoms with Gasteiger partial charge in [0.05, 0.1) is 5.02 Å². The molecule has 6 nitrogen and oxygen atoms in total. The molecule has 1 aliphatic heterocycles. The van der Waals surface area contributed by atoms with Crippen LogP contribution in [0.1, 0.15) is 10.4 Å². The third-order valence-corrected chi connectivity index (χ3v) is 5.35. The fourth-order valence-corrected chi connectivity index (χ4v) is 3.13. The maximum absolute atomic E-state index is 12.3. The van der Waals surface area contributed by atoms with Crippen molar-refractivity contribution in [3.05, 3.63) is 33.3 Å². The average molecular weight is 383 g/mol. The summed E-state index contributed by atoms with van der Waals surface area (Å²) in [6.07, 6.45) is 0.